The zero-order valence-corrected chi connectivity index (χ0v) is 16.4. The average Bonchev–Trinajstić information content (AvgIpc) is 2.62. The topological polar surface area (TPSA) is 66.5 Å². The highest BCUT2D eigenvalue weighted by Gasteiger charge is 2.23. The van der Waals surface area contributed by atoms with Crippen molar-refractivity contribution in [3.05, 3.63) is 65.5 Å². The first-order valence-electron chi connectivity index (χ1n) is 8.63. The summed E-state index contributed by atoms with van der Waals surface area (Å²) in [6.45, 7) is 6.00. The molecule has 0 spiro atoms. The van der Waals surface area contributed by atoms with Crippen molar-refractivity contribution in [2.24, 2.45) is 0 Å². The summed E-state index contributed by atoms with van der Waals surface area (Å²) in [5.41, 5.74) is 1.54. The minimum atomic E-state index is -3.63. The van der Waals surface area contributed by atoms with Gasteiger partial charge in [-0.2, -0.15) is 4.31 Å². The SMILES string of the molecule is CCN(CC)S(=O)(=O)c1cc(NC(=O)/C=C/c2cccc(F)c2)ccc1C. The second-order valence-corrected chi connectivity index (χ2v) is 7.85. The molecule has 0 aliphatic heterocycles. The van der Waals surface area contributed by atoms with E-state index >= 15 is 0 Å². The molecule has 0 heterocycles. The number of carbonyl (C=O) groups is 1. The monoisotopic (exact) mass is 390 g/mol. The lowest BCUT2D eigenvalue weighted by Crippen LogP contribution is -2.31. The van der Waals surface area contributed by atoms with Crippen molar-refractivity contribution in [3.63, 3.8) is 0 Å². The van der Waals surface area contributed by atoms with Gasteiger partial charge in [0.15, 0.2) is 0 Å². The standard InChI is InChI=1S/C20H23FN2O3S/c1-4-23(5-2)27(25,26)19-14-18(11-9-15(19)3)22-20(24)12-10-16-7-6-8-17(21)13-16/h6-14H,4-5H2,1-3H3,(H,22,24)/b12-10+. The molecule has 1 N–H and O–H groups in total. The van der Waals surface area contributed by atoms with E-state index in [9.17, 15) is 17.6 Å². The number of sulfonamides is 1. The van der Waals surface area contributed by atoms with Gasteiger partial charge in [-0.15, -0.1) is 0 Å². The van der Waals surface area contributed by atoms with E-state index in [2.05, 4.69) is 5.32 Å². The summed E-state index contributed by atoms with van der Waals surface area (Å²) in [4.78, 5) is 12.3. The molecule has 0 unspecified atom stereocenters. The minimum absolute atomic E-state index is 0.165. The van der Waals surface area contributed by atoms with Crippen molar-refractivity contribution in [2.45, 2.75) is 25.7 Å². The predicted octanol–water partition coefficient (Wildman–Crippen LogP) is 3.82. The molecule has 0 aliphatic carbocycles. The van der Waals surface area contributed by atoms with Crippen molar-refractivity contribution < 1.29 is 17.6 Å². The van der Waals surface area contributed by atoms with Crippen LogP contribution in [0, 0.1) is 12.7 Å². The van der Waals surface area contributed by atoms with Gasteiger partial charge in [0.25, 0.3) is 0 Å². The van der Waals surface area contributed by atoms with E-state index in [1.54, 1.807) is 45.0 Å². The molecule has 7 heteroatoms. The summed E-state index contributed by atoms with van der Waals surface area (Å²) in [6.07, 6.45) is 2.76. The fraction of sp³-hybridized carbons (Fsp3) is 0.250. The summed E-state index contributed by atoms with van der Waals surface area (Å²) >= 11 is 0. The Morgan fingerprint density at radius 1 is 1.15 bits per heavy atom. The van der Waals surface area contributed by atoms with Gasteiger partial charge in [0.1, 0.15) is 5.82 Å². The van der Waals surface area contributed by atoms with E-state index in [1.165, 1.54) is 34.7 Å². The third-order valence-electron chi connectivity index (χ3n) is 4.05. The Labute approximate surface area is 159 Å². The number of nitrogens with one attached hydrogen (secondary N) is 1. The Morgan fingerprint density at radius 3 is 2.48 bits per heavy atom. The van der Waals surface area contributed by atoms with Crippen LogP contribution >= 0.6 is 0 Å². The molecule has 5 nitrogen and oxygen atoms in total. The third-order valence-corrected chi connectivity index (χ3v) is 6.25. The molecule has 0 saturated heterocycles. The van der Waals surface area contributed by atoms with E-state index in [0.717, 1.165) is 0 Å². The van der Waals surface area contributed by atoms with Gasteiger partial charge >= 0.3 is 0 Å². The molecule has 0 fully saturated rings. The molecule has 0 aliphatic rings. The van der Waals surface area contributed by atoms with Crippen molar-refractivity contribution in [2.75, 3.05) is 18.4 Å². The van der Waals surface area contributed by atoms with Gasteiger partial charge in [0, 0.05) is 24.9 Å². The quantitative estimate of drug-likeness (QED) is 0.731. The van der Waals surface area contributed by atoms with E-state index in [-0.39, 0.29) is 10.7 Å². The molecule has 144 valence electrons. The van der Waals surface area contributed by atoms with Gasteiger partial charge in [-0.05, 0) is 48.4 Å². The molecule has 0 saturated carbocycles. The van der Waals surface area contributed by atoms with Crippen LogP contribution in [0.25, 0.3) is 6.08 Å². The van der Waals surface area contributed by atoms with Gasteiger partial charge in [0.05, 0.1) is 4.90 Å². The van der Waals surface area contributed by atoms with Crippen LogP contribution in [0.5, 0.6) is 0 Å². The van der Waals surface area contributed by atoms with Crippen molar-refractivity contribution in [1.29, 1.82) is 0 Å². The first-order valence-corrected chi connectivity index (χ1v) is 10.1. The number of hydrogen-bond acceptors (Lipinski definition) is 3. The number of anilines is 1. The molecule has 2 aromatic rings. The van der Waals surface area contributed by atoms with Gasteiger partial charge in [0.2, 0.25) is 15.9 Å². The lowest BCUT2D eigenvalue weighted by Gasteiger charge is -2.20. The van der Waals surface area contributed by atoms with Crippen molar-refractivity contribution in [1.82, 2.24) is 4.31 Å². The van der Waals surface area contributed by atoms with Gasteiger partial charge in [-0.3, -0.25) is 4.79 Å². The fourth-order valence-electron chi connectivity index (χ4n) is 2.62. The largest absolute Gasteiger partial charge is 0.322 e. The minimum Gasteiger partial charge on any atom is -0.322 e. The fourth-order valence-corrected chi connectivity index (χ4v) is 4.33. The summed E-state index contributed by atoms with van der Waals surface area (Å²) in [5.74, 6) is -0.823. The number of benzene rings is 2. The van der Waals surface area contributed by atoms with Crippen molar-refractivity contribution in [3.8, 4) is 0 Å². The molecule has 0 atom stereocenters. The molecule has 2 aromatic carbocycles. The van der Waals surface area contributed by atoms with Crippen LogP contribution in [0.1, 0.15) is 25.0 Å². The number of nitrogens with zero attached hydrogens (tertiary/aromatic N) is 1. The van der Waals surface area contributed by atoms with Crippen LogP contribution in [0.15, 0.2) is 53.4 Å². The zero-order chi connectivity index (χ0) is 20.0. The summed E-state index contributed by atoms with van der Waals surface area (Å²) in [6, 6.07) is 10.6. The Hall–Kier alpha value is -2.51. The van der Waals surface area contributed by atoms with E-state index < -0.39 is 15.9 Å². The molecule has 1 amide bonds. The maximum absolute atomic E-state index is 13.2. The number of halogens is 1. The third kappa shape index (κ3) is 5.24. The molecular formula is C20H23FN2O3S. The second-order valence-electron chi connectivity index (χ2n) is 5.95. The Bertz CT molecular complexity index is 951. The first kappa shape index (κ1) is 20.8. The van der Waals surface area contributed by atoms with E-state index in [4.69, 9.17) is 0 Å². The predicted molar refractivity (Wildman–Crippen MR) is 105 cm³/mol. The Balaban J connectivity index is 2.21. The van der Waals surface area contributed by atoms with Crippen LogP contribution in [-0.2, 0) is 14.8 Å². The van der Waals surface area contributed by atoms with Crippen LogP contribution in [0.3, 0.4) is 0 Å². The molecular weight excluding hydrogens is 367 g/mol. The van der Waals surface area contributed by atoms with E-state index in [0.29, 0.717) is 29.9 Å². The smallest absolute Gasteiger partial charge is 0.248 e. The molecule has 0 radical (unpaired) electrons. The van der Waals surface area contributed by atoms with Gasteiger partial charge < -0.3 is 5.32 Å². The Morgan fingerprint density at radius 2 is 1.85 bits per heavy atom. The van der Waals surface area contributed by atoms with Crippen LogP contribution in [0.2, 0.25) is 0 Å². The summed E-state index contributed by atoms with van der Waals surface area (Å²) < 4.78 is 40.0. The molecule has 27 heavy (non-hydrogen) atoms. The highest BCUT2D eigenvalue weighted by molar-refractivity contribution is 7.89. The summed E-state index contributed by atoms with van der Waals surface area (Å²) in [5, 5.41) is 2.64. The lowest BCUT2D eigenvalue weighted by molar-refractivity contribution is -0.111. The maximum atomic E-state index is 13.2. The Kier molecular flexibility index (Phi) is 6.87. The maximum Gasteiger partial charge on any atom is 0.248 e. The highest BCUT2D eigenvalue weighted by atomic mass is 32.2. The number of carbonyl (C=O) groups excluding carboxylic acids is 1. The number of rotatable bonds is 7. The second kappa shape index (κ2) is 8.92. The van der Waals surface area contributed by atoms with Crippen molar-refractivity contribution >= 4 is 27.7 Å². The normalized spacial score (nSPS) is 11.9. The van der Waals surface area contributed by atoms with Gasteiger partial charge in [-0.25, -0.2) is 12.8 Å². The van der Waals surface area contributed by atoms with Crippen LogP contribution in [-0.4, -0.2) is 31.7 Å². The average molecular weight is 390 g/mol. The zero-order valence-electron chi connectivity index (χ0n) is 15.6. The van der Waals surface area contributed by atoms with E-state index in [1.807, 2.05) is 0 Å². The highest BCUT2D eigenvalue weighted by Crippen LogP contribution is 2.23. The number of aryl methyl sites for hydroxylation is 1. The summed E-state index contributed by atoms with van der Waals surface area (Å²) in [7, 11) is -3.63. The molecule has 0 aromatic heterocycles. The van der Waals surface area contributed by atoms with Crippen LogP contribution < -0.4 is 5.32 Å². The van der Waals surface area contributed by atoms with Crippen LogP contribution in [0.4, 0.5) is 10.1 Å². The first-order chi connectivity index (χ1) is 12.8. The molecule has 0 bridgehead atoms. The number of amides is 1. The molecule has 2 rings (SSSR count). The lowest BCUT2D eigenvalue weighted by atomic mass is 10.2. The number of hydrogen-bond donors (Lipinski definition) is 1. The van der Waals surface area contributed by atoms with Gasteiger partial charge in [-0.1, -0.05) is 32.0 Å².